The highest BCUT2D eigenvalue weighted by Gasteiger charge is 2.04. The van der Waals surface area contributed by atoms with Gasteiger partial charge in [0.05, 0.1) is 6.61 Å². The Labute approximate surface area is 268 Å². The number of hydrogen-bond acceptors (Lipinski definition) is 3. The third kappa shape index (κ3) is 36.5. The summed E-state index contributed by atoms with van der Waals surface area (Å²) in [6.45, 7) is 5.52. The Kier molecular flexibility index (Phi) is 35.3. The molecule has 0 saturated heterocycles. The highest BCUT2D eigenvalue weighted by molar-refractivity contribution is 5.75. The molecule has 0 saturated carbocycles. The summed E-state index contributed by atoms with van der Waals surface area (Å²) in [6.07, 6.45) is 44.1. The topological polar surface area (TPSA) is 55.4 Å². The second-order valence-corrected chi connectivity index (χ2v) is 12.6. The fourth-order valence-corrected chi connectivity index (χ4v) is 5.34. The van der Waals surface area contributed by atoms with Crippen molar-refractivity contribution in [3.05, 3.63) is 24.3 Å². The molecule has 0 aromatic carbocycles. The second-order valence-electron chi connectivity index (χ2n) is 12.6. The van der Waals surface area contributed by atoms with E-state index in [0.717, 1.165) is 25.7 Å². The number of unbranched alkanes of at least 4 members (excludes halogenated alkanes) is 22. The Morgan fingerprint density at radius 2 is 0.837 bits per heavy atom. The van der Waals surface area contributed by atoms with E-state index >= 15 is 0 Å². The minimum Gasteiger partial charge on any atom is -0.466 e. The SMILES string of the molecule is CCCCCCCC/C=C/CCCCCCCC(=O)NCCCOC(=O)CCCCCCC/C=C/CCCCCCCC. The van der Waals surface area contributed by atoms with E-state index in [9.17, 15) is 9.59 Å². The van der Waals surface area contributed by atoms with Gasteiger partial charge in [0.2, 0.25) is 5.91 Å². The highest BCUT2D eigenvalue weighted by atomic mass is 16.5. The molecule has 0 rings (SSSR count). The molecule has 0 aromatic rings. The normalized spacial score (nSPS) is 11.6. The van der Waals surface area contributed by atoms with Gasteiger partial charge in [-0.25, -0.2) is 0 Å². The largest absolute Gasteiger partial charge is 0.466 e. The lowest BCUT2D eigenvalue weighted by atomic mass is 10.1. The van der Waals surface area contributed by atoms with E-state index in [0.29, 0.717) is 32.4 Å². The molecule has 0 unspecified atom stereocenters. The summed E-state index contributed by atoms with van der Waals surface area (Å²) in [5.41, 5.74) is 0. The summed E-state index contributed by atoms with van der Waals surface area (Å²) >= 11 is 0. The zero-order valence-corrected chi connectivity index (χ0v) is 29.0. The first-order chi connectivity index (χ1) is 21.2. The van der Waals surface area contributed by atoms with Crippen molar-refractivity contribution in [1.82, 2.24) is 5.32 Å². The minimum atomic E-state index is -0.0998. The molecule has 0 bridgehead atoms. The Morgan fingerprint density at radius 3 is 1.28 bits per heavy atom. The van der Waals surface area contributed by atoms with Crippen molar-refractivity contribution < 1.29 is 14.3 Å². The van der Waals surface area contributed by atoms with Crippen molar-refractivity contribution in [3.8, 4) is 0 Å². The Morgan fingerprint density at radius 1 is 0.465 bits per heavy atom. The van der Waals surface area contributed by atoms with E-state index in [1.54, 1.807) is 0 Å². The first-order valence-electron chi connectivity index (χ1n) is 18.9. The Balaban J connectivity index is 3.33. The van der Waals surface area contributed by atoms with Crippen LogP contribution in [0.15, 0.2) is 24.3 Å². The van der Waals surface area contributed by atoms with Crippen LogP contribution in [0.2, 0.25) is 0 Å². The predicted molar refractivity (Wildman–Crippen MR) is 187 cm³/mol. The zero-order chi connectivity index (χ0) is 31.3. The van der Waals surface area contributed by atoms with Gasteiger partial charge < -0.3 is 10.1 Å². The monoisotopic (exact) mass is 604 g/mol. The minimum absolute atomic E-state index is 0.0998. The average Bonchev–Trinajstić information content (AvgIpc) is 3.00. The lowest BCUT2D eigenvalue weighted by Gasteiger charge is -2.07. The maximum absolute atomic E-state index is 12.0. The van der Waals surface area contributed by atoms with E-state index in [2.05, 4.69) is 43.5 Å². The third-order valence-corrected chi connectivity index (χ3v) is 8.21. The van der Waals surface area contributed by atoms with Crippen molar-refractivity contribution in [2.24, 2.45) is 0 Å². The molecule has 0 aliphatic carbocycles. The van der Waals surface area contributed by atoms with Crippen LogP contribution in [0.4, 0.5) is 0 Å². The maximum Gasteiger partial charge on any atom is 0.305 e. The smallest absolute Gasteiger partial charge is 0.305 e. The zero-order valence-electron chi connectivity index (χ0n) is 29.0. The number of rotatable bonds is 34. The van der Waals surface area contributed by atoms with E-state index in [-0.39, 0.29) is 11.9 Å². The molecular formula is C39H73NO3. The lowest BCUT2D eigenvalue weighted by Crippen LogP contribution is -2.25. The van der Waals surface area contributed by atoms with Crippen LogP contribution in [0.25, 0.3) is 0 Å². The summed E-state index contributed by atoms with van der Waals surface area (Å²) in [5.74, 6) is 0.0227. The summed E-state index contributed by atoms with van der Waals surface area (Å²) in [5, 5.41) is 2.96. The molecule has 252 valence electrons. The van der Waals surface area contributed by atoms with Gasteiger partial charge >= 0.3 is 5.97 Å². The molecular weight excluding hydrogens is 530 g/mol. The van der Waals surface area contributed by atoms with Gasteiger partial charge in [-0.15, -0.1) is 0 Å². The molecule has 0 heterocycles. The number of ether oxygens (including phenoxy) is 1. The number of esters is 1. The van der Waals surface area contributed by atoms with Gasteiger partial charge in [-0.3, -0.25) is 9.59 Å². The van der Waals surface area contributed by atoms with Gasteiger partial charge in [-0.05, 0) is 70.6 Å². The molecule has 1 N–H and O–H groups in total. The van der Waals surface area contributed by atoms with Gasteiger partial charge in [0.25, 0.3) is 0 Å². The van der Waals surface area contributed by atoms with Crippen molar-refractivity contribution in [2.75, 3.05) is 13.2 Å². The molecule has 0 aliphatic rings. The van der Waals surface area contributed by atoms with Crippen molar-refractivity contribution in [2.45, 2.75) is 200 Å². The molecule has 0 spiro atoms. The van der Waals surface area contributed by atoms with Crippen LogP contribution in [0.5, 0.6) is 0 Å². The van der Waals surface area contributed by atoms with Gasteiger partial charge in [0.15, 0.2) is 0 Å². The van der Waals surface area contributed by atoms with Crippen molar-refractivity contribution >= 4 is 11.9 Å². The van der Waals surface area contributed by atoms with Gasteiger partial charge in [0, 0.05) is 19.4 Å². The lowest BCUT2D eigenvalue weighted by molar-refractivity contribution is -0.143. The number of hydrogen-bond donors (Lipinski definition) is 1. The van der Waals surface area contributed by atoms with Crippen LogP contribution < -0.4 is 5.32 Å². The molecule has 1 amide bonds. The summed E-state index contributed by atoms with van der Waals surface area (Å²) in [6, 6.07) is 0. The van der Waals surface area contributed by atoms with Gasteiger partial charge in [-0.2, -0.15) is 0 Å². The summed E-state index contributed by atoms with van der Waals surface area (Å²) < 4.78 is 5.33. The van der Waals surface area contributed by atoms with E-state index in [1.807, 2.05) is 0 Å². The fraction of sp³-hybridized carbons (Fsp3) is 0.846. The van der Waals surface area contributed by atoms with Gasteiger partial charge in [0.1, 0.15) is 0 Å². The number of carbonyl (C=O) groups excluding carboxylic acids is 2. The van der Waals surface area contributed by atoms with E-state index < -0.39 is 0 Å². The molecule has 0 atom stereocenters. The molecule has 0 aliphatic heterocycles. The number of carbonyl (C=O) groups is 2. The van der Waals surface area contributed by atoms with Crippen LogP contribution in [0, 0.1) is 0 Å². The summed E-state index contributed by atoms with van der Waals surface area (Å²) in [7, 11) is 0. The Hall–Kier alpha value is -1.58. The molecule has 43 heavy (non-hydrogen) atoms. The van der Waals surface area contributed by atoms with Crippen molar-refractivity contribution in [1.29, 1.82) is 0 Å². The molecule has 4 nitrogen and oxygen atoms in total. The maximum atomic E-state index is 12.0. The molecule has 4 heteroatoms. The first-order valence-corrected chi connectivity index (χ1v) is 18.9. The second kappa shape index (κ2) is 36.6. The molecule has 0 radical (unpaired) electrons. The van der Waals surface area contributed by atoms with Crippen LogP contribution in [-0.2, 0) is 14.3 Å². The molecule has 0 fully saturated rings. The average molecular weight is 604 g/mol. The van der Waals surface area contributed by atoms with Crippen LogP contribution in [0.1, 0.15) is 200 Å². The Bertz CT molecular complexity index is 588. The third-order valence-electron chi connectivity index (χ3n) is 8.21. The van der Waals surface area contributed by atoms with E-state index in [1.165, 1.54) is 141 Å². The van der Waals surface area contributed by atoms with Crippen LogP contribution >= 0.6 is 0 Å². The van der Waals surface area contributed by atoms with Crippen LogP contribution in [-0.4, -0.2) is 25.0 Å². The first kappa shape index (κ1) is 41.4. The predicted octanol–water partition coefficient (Wildman–Crippen LogP) is 12.1. The highest BCUT2D eigenvalue weighted by Crippen LogP contribution is 2.12. The quantitative estimate of drug-likeness (QED) is 0.0452. The number of allylic oxidation sites excluding steroid dienone is 4. The van der Waals surface area contributed by atoms with Crippen LogP contribution in [0.3, 0.4) is 0 Å². The number of amides is 1. The van der Waals surface area contributed by atoms with E-state index in [4.69, 9.17) is 4.74 Å². The standard InChI is InChI=1S/C39H73NO3/c1-3-5-7-9-11-13-15-17-19-21-23-25-27-29-31-34-38(41)40-36-33-37-43-39(42)35-32-30-28-26-24-22-20-18-16-14-12-10-8-6-4-2/h17-20H,3-16,21-37H2,1-2H3,(H,40,41)/b19-17+,20-18+. The van der Waals surface area contributed by atoms with Gasteiger partial charge in [-0.1, -0.05) is 141 Å². The van der Waals surface area contributed by atoms with Crippen molar-refractivity contribution in [3.63, 3.8) is 0 Å². The molecule has 0 aromatic heterocycles. The number of nitrogens with one attached hydrogen (secondary N) is 1. The summed E-state index contributed by atoms with van der Waals surface area (Å²) in [4.78, 5) is 23.9. The fourth-order valence-electron chi connectivity index (χ4n) is 5.34.